The molecule has 3 aromatic carbocycles. The number of anilines is 3. The predicted molar refractivity (Wildman–Crippen MR) is 184 cm³/mol. The summed E-state index contributed by atoms with van der Waals surface area (Å²) in [4.78, 5) is 40.9. The number of aryl methyl sites for hydroxylation is 1. The van der Waals surface area contributed by atoms with Gasteiger partial charge in [0.05, 0.1) is 11.1 Å². The third kappa shape index (κ3) is 8.60. The van der Waals surface area contributed by atoms with Crippen LogP contribution >= 0.6 is 11.8 Å². The Morgan fingerprint density at radius 2 is 1.72 bits per heavy atom. The number of benzene rings is 3. The molecule has 0 radical (unpaired) electrons. The average molecular weight is 635 g/mol. The largest absolute Gasteiger partial charge is 0.444 e. The van der Waals surface area contributed by atoms with Crippen molar-refractivity contribution in [3.63, 3.8) is 0 Å². The zero-order valence-electron chi connectivity index (χ0n) is 26.8. The lowest BCUT2D eigenvalue weighted by Gasteiger charge is -2.19. The number of nitrogens with one attached hydrogen (secondary N) is 3. The molecule has 5 aromatic rings. The molecule has 0 bridgehead atoms. The van der Waals surface area contributed by atoms with Crippen LogP contribution in [0.1, 0.15) is 67.7 Å². The van der Waals surface area contributed by atoms with Gasteiger partial charge >= 0.3 is 6.09 Å². The van der Waals surface area contributed by atoms with Crippen molar-refractivity contribution in [2.24, 2.45) is 0 Å². The van der Waals surface area contributed by atoms with Gasteiger partial charge in [-0.05, 0) is 93.8 Å². The Hall–Kier alpha value is -4.96. The van der Waals surface area contributed by atoms with Gasteiger partial charge in [0.2, 0.25) is 0 Å². The Balaban J connectivity index is 1.42. The molecule has 9 nitrogen and oxygen atoms in total. The highest BCUT2D eigenvalue weighted by atomic mass is 32.2. The summed E-state index contributed by atoms with van der Waals surface area (Å²) < 4.78 is 5.36. The average Bonchev–Trinajstić information content (AvgIpc) is 3.00. The number of nitrogens with zero attached hydrogens (tertiary/aromatic N) is 3. The molecule has 0 spiro atoms. The molecule has 2 amide bonds. The first-order valence-corrected chi connectivity index (χ1v) is 15.9. The molecule has 236 valence electrons. The molecule has 0 atom stereocenters. The van der Waals surface area contributed by atoms with Crippen LogP contribution in [0.3, 0.4) is 0 Å². The number of aromatic nitrogens is 3. The summed E-state index contributed by atoms with van der Waals surface area (Å²) in [6.45, 7) is 12.1. The van der Waals surface area contributed by atoms with Gasteiger partial charge in [0.1, 0.15) is 17.7 Å². The van der Waals surface area contributed by atoms with E-state index in [4.69, 9.17) is 9.72 Å². The minimum absolute atomic E-state index is 0.186. The van der Waals surface area contributed by atoms with Gasteiger partial charge in [-0.3, -0.25) is 10.1 Å². The van der Waals surface area contributed by atoms with Crippen LogP contribution in [0.25, 0.3) is 11.0 Å². The molecule has 0 aliphatic heterocycles. The monoisotopic (exact) mass is 634 g/mol. The van der Waals surface area contributed by atoms with E-state index >= 15 is 0 Å². The van der Waals surface area contributed by atoms with Crippen molar-refractivity contribution in [2.75, 3.05) is 10.6 Å². The fourth-order valence-corrected chi connectivity index (χ4v) is 5.51. The van der Waals surface area contributed by atoms with Crippen LogP contribution in [0.5, 0.6) is 0 Å². The third-order valence-corrected chi connectivity index (χ3v) is 7.95. The highest BCUT2D eigenvalue weighted by Gasteiger charge is 2.17. The van der Waals surface area contributed by atoms with Crippen molar-refractivity contribution in [3.05, 3.63) is 108 Å². The summed E-state index contributed by atoms with van der Waals surface area (Å²) in [5.74, 6) is 0.665. The van der Waals surface area contributed by atoms with E-state index < -0.39 is 11.7 Å². The molecule has 5 rings (SSSR count). The number of rotatable bonds is 9. The van der Waals surface area contributed by atoms with Crippen LogP contribution in [-0.4, -0.2) is 32.6 Å². The Bertz CT molecular complexity index is 1870. The zero-order chi connectivity index (χ0) is 32.8. The molecule has 2 aromatic heterocycles. The quantitative estimate of drug-likeness (QED) is 0.147. The highest BCUT2D eigenvalue weighted by Crippen LogP contribution is 2.37. The maximum absolute atomic E-state index is 13.3. The van der Waals surface area contributed by atoms with Crippen LogP contribution in [0.2, 0.25) is 0 Å². The van der Waals surface area contributed by atoms with E-state index in [1.165, 1.54) is 18.1 Å². The number of ether oxygens (including phenoxy) is 1. The van der Waals surface area contributed by atoms with Crippen LogP contribution in [0.15, 0.2) is 95.0 Å². The zero-order valence-corrected chi connectivity index (χ0v) is 27.7. The van der Waals surface area contributed by atoms with Crippen molar-refractivity contribution in [3.8, 4) is 0 Å². The Morgan fingerprint density at radius 1 is 0.935 bits per heavy atom. The minimum atomic E-state index is -0.589. The van der Waals surface area contributed by atoms with Gasteiger partial charge in [-0.2, -0.15) is 0 Å². The lowest BCUT2D eigenvalue weighted by molar-refractivity contribution is 0.0635. The van der Waals surface area contributed by atoms with Gasteiger partial charge in [0, 0.05) is 33.3 Å². The Labute approximate surface area is 273 Å². The van der Waals surface area contributed by atoms with Gasteiger partial charge in [0.25, 0.3) is 5.91 Å². The van der Waals surface area contributed by atoms with Gasteiger partial charge in [-0.25, -0.2) is 19.7 Å². The molecule has 0 unspecified atom stereocenters. The molecule has 0 aliphatic rings. The number of fused-ring (bicyclic) bond motifs is 1. The van der Waals surface area contributed by atoms with Gasteiger partial charge < -0.3 is 15.4 Å². The molecule has 10 heteroatoms. The molecular formula is C36H38N6O3S. The molecule has 0 aliphatic carbocycles. The number of amides is 2. The van der Waals surface area contributed by atoms with E-state index in [0.717, 1.165) is 32.0 Å². The lowest BCUT2D eigenvalue weighted by atomic mass is 10.1. The first-order valence-electron chi connectivity index (χ1n) is 15.1. The van der Waals surface area contributed by atoms with Crippen molar-refractivity contribution in [2.45, 2.75) is 69.4 Å². The maximum atomic E-state index is 13.3. The predicted octanol–water partition coefficient (Wildman–Crippen LogP) is 8.63. The smallest absolute Gasteiger partial charge is 0.412 e. The Kier molecular flexibility index (Phi) is 9.87. The van der Waals surface area contributed by atoms with E-state index in [-0.39, 0.29) is 11.8 Å². The fourth-order valence-electron chi connectivity index (χ4n) is 4.62. The van der Waals surface area contributed by atoms with E-state index in [9.17, 15) is 9.59 Å². The summed E-state index contributed by atoms with van der Waals surface area (Å²) in [6, 6.07) is 25.1. The molecular weight excluding hydrogens is 597 g/mol. The number of pyridine rings is 1. The molecule has 2 heterocycles. The summed E-state index contributed by atoms with van der Waals surface area (Å²) in [5, 5.41) is 10.0. The highest BCUT2D eigenvalue weighted by molar-refractivity contribution is 7.99. The summed E-state index contributed by atoms with van der Waals surface area (Å²) in [7, 11) is 0. The van der Waals surface area contributed by atoms with E-state index in [2.05, 4.69) is 45.8 Å². The van der Waals surface area contributed by atoms with Crippen LogP contribution in [-0.2, 0) is 11.3 Å². The summed E-state index contributed by atoms with van der Waals surface area (Å²) >= 11 is 1.52. The van der Waals surface area contributed by atoms with E-state index in [0.29, 0.717) is 34.9 Å². The number of hydrogen-bond acceptors (Lipinski definition) is 8. The maximum Gasteiger partial charge on any atom is 0.412 e. The van der Waals surface area contributed by atoms with Crippen molar-refractivity contribution >= 4 is 52.0 Å². The molecule has 0 saturated heterocycles. The summed E-state index contributed by atoms with van der Waals surface area (Å²) in [5.41, 5.74) is 4.97. The number of hydrogen-bond donors (Lipinski definition) is 3. The third-order valence-electron chi connectivity index (χ3n) is 6.87. The fraction of sp³-hybridized carbons (Fsp3) is 0.250. The van der Waals surface area contributed by atoms with Crippen LogP contribution in [0.4, 0.5) is 22.0 Å². The second-order valence-electron chi connectivity index (χ2n) is 12.2. The molecule has 0 saturated carbocycles. The first-order chi connectivity index (χ1) is 21.9. The van der Waals surface area contributed by atoms with E-state index in [1.54, 1.807) is 0 Å². The molecule has 3 N–H and O–H groups in total. The Morgan fingerprint density at radius 3 is 2.43 bits per heavy atom. The second-order valence-corrected chi connectivity index (χ2v) is 13.4. The number of carbonyl (C=O) groups excluding carboxylic acids is 2. The topological polar surface area (TPSA) is 118 Å². The van der Waals surface area contributed by atoms with Crippen LogP contribution in [0, 0.1) is 6.92 Å². The van der Waals surface area contributed by atoms with Crippen molar-refractivity contribution in [1.29, 1.82) is 0 Å². The molecule has 46 heavy (non-hydrogen) atoms. The van der Waals surface area contributed by atoms with Crippen molar-refractivity contribution < 1.29 is 14.3 Å². The standard InChI is InChI=1S/C36H38N6O3S/c1-22(2)29-16-15-28-32(41-29)38-21-39-33(28)42-30-19-25(34(43)37-20-24-9-7-8-23(3)18-24)10-17-31(30)46-27-13-11-26(12-14-27)40-35(44)45-36(4,5)6/h7-19,21-22H,20H2,1-6H3,(H,37,43)(H,40,44)(H,38,39,41,42). The second kappa shape index (κ2) is 14.0. The minimum Gasteiger partial charge on any atom is -0.444 e. The van der Waals surface area contributed by atoms with Crippen LogP contribution < -0.4 is 16.0 Å². The molecule has 0 fully saturated rings. The van der Waals surface area contributed by atoms with Gasteiger partial charge in [-0.15, -0.1) is 0 Å². The van der Waals surface area contributed by atoms with Crippen molar-refractivity contribution in [1.82, 2.24) is 20.3 Å². The van der Waals surface area contributed by atoms with Gasteiger partial charge in [-0.1, -0.05) is 55.4 Å². The lowest BCUT2D eigenvalue weighted by Crippen LogP contribution is -2.27. The first kappa shape index (κ1) is 32.4. The van der Waals surface area contributed by atoms with E-state index in [1.807, 2.05) is 100 Å². The summed E-state index contributed by atoms with van der Waals surface area (Å²) in [6.07, 6.45) is 0.978. The number of carbonyl (C=O) groups is 2. The normalized spacial score (nSPS) is 11.4. The SMILES string of the molecule is Cc1cccc(CNC(=O)c2ccc(Sc3ccc(NC(=O)OC(C)(C)C)cc3)c(Nc3ncnc4nc(C(C)C)ccc34)c2)c1. The van der Waals surface area contributed by atoms with Gasteiger partial charge in [0.15, 0.2) is 5.65 Å².